The second-order valence-corrected chi connectivity index (χ2v) is 4.43. The van der Waals surface area contributed by atoms with Gasteiger partial charge in [-0.3, -0.25) is 10.6 Å². The Morgan fingerprint density at radius 2 is 1.74 bits per heavy atom. The summed E-state index contributed by atoms with van der Waals surface area (Å²) in [7, 11) is 0. The third-order valence-corrected chi connectivity index (χ3v) is 2.65. The van der Waals surface area contributed by atoms with Crippen molar-refractivity contribution in [1.82, 2.24) is 15.0 Å². The fourth-order valence-electron chi connectivity index (χ4n) is 1.80. The van der Waals surface area contributed by atoms with Crippen LogP contribution in [-0.4, -0.2) is 40.4 Å². The van der Waals surface area contributed by atoms with Crippen LogP contribution in [0.3, 0.4) is 0 Å². The first kappa shape index (κ1) is 16.4. The molecule has 0 unspecified atom stereocenters. The monoisotopic (exact) mass is 319 g/mol. The molecule has 0 bridgehead atoms. The molecule has 2 N–H and O–H groups in total. The van der Waals surface area contributed by atoms with E-state index in [0.717, 1.165) is 0 Å². The lowest BCUT2D eigenvalue weighted by Gasteiger charge is -2.10. The zero-order valence-electron chi connectivity index (χ0n) is 13.0. The van der Waals surface area contributed by atoms with Gasteiger partial charge in [-0.1, -0.05) is 0 Å². The SMILES string of the molecule is CCOC(=O)Nc1cc2nc(C)cnc2c(NC(=O)OCC)n1. The summed E-state index contributed by atoms with van der Waals surface area (Å²) >= 11 is 0. The molecule has 2 aromatic heterocycles. The van der Waals surface area contributed by atoms with Gasteiger partial charge in [0.15, 0.2) is 5.82 Å². The predicted octanol–water partition coefficient (Wildman–Crippen LogP) is 2.47. The lowest BCUT2D eigenvalue weighted by atomic mass is 10.3. The molecule has 0 saturated heterocycles. The number of ether oxygens (including phenoxy) is 2. The minimum Gasteiger partial charge on any atom is -0.450 e. The van der Waals surface area contributed by atoms with E-state index < -0.39 is 12.2 Å². The number of carbonyl (C=O) groups excluding carboxylic acids is 2. The van der Waals surface area contributed by atoms with E-state index in [0.29, 0.717) is 16.7 Å². The van der Waals surface area contributed by atoms with E-state index in [1.165, 1.54) is 0 Å². The number of aromatic nitrogens is 3. The highest BCUT2D eigenvalue weighted by molar-refractivity contribution is 5.97. The van der Waals surface area contributed by atoms with Gasteiger partial charge in [0.2, 0.25) is 0 Å². The van der Waals surface area contributed by atoms with E-state index in [1.807, 2.05) is 0 Å². The average molecular weight is 319 g/mol. The standard InChI is InChI=1S/C14H17N5O4/c1-4-22-13(20)18-10-6-9-11(15-7-8(3)16-9)12(17-10)19-14(21)23-5-2/h6-7H,4-5H2,1-3H3,(H2,17,18,19,20,21). The molecule has 0 fully saturated rings. The lowest BCUT2D eigenvalue weighted by molar-refractivity contribution is 0.167. The first-order valence-corrected chi connectivity index (χ1v) is 7.05. The number of pyridine rings is 1. The Balaban J connectivity index is 2.40. The third-order valence-electron chi connectivity index (χ3n) is 2.65. The van der Waals surface area contributed by atoms with Crippen LogP contribution in [0.1, 0.15) is 19.5 Å². The number of nitrogens with one attached hydrogen (secondary N) is 2. The van der Waals surface area contributed by atoms with Crippen LogP contribution in [0.5, 0.6) is 0 Å². The van der Waals surface area contributed by atoms with Crippen molar-refractivity contribution in [1.29, 1.82) is 0 Å². The van der Waals surface area contributed by atoms with E-state index in [2.05, 4.69) is 25.6 Å². The Kier molecular flexibility index (Phi) is 5.23. The number of carbonyl (C=O) groups is 2. The van der Waals surface area contributed by atoms with E-state index in [4.69, 9.17) is 9.47 Å². The molecule has 0 radical (unpaired) electrons. The highest BCUT2D eigenvalue weighted by atomic mass is 16.6. The number of amides is 2. The smallest absolute Gasteiger partial charge is 0.412 e. The molecule has 2 heterocycles. The van der Waals surface area contributed by atoms with Gasteiger partial charge in [-0.2, -0.15) is 0 Å². The largest absolute Gasteiger partial charge is 0.450 e. The van der Waals surface area contributed by atoms with E-state index in [9.17, 15) is 9.59 Å². The zero-order valence-corrected chi connectivity index (χ0v) is 13.0. The summed E-state index contributed by atoms with van der Waals surface area (Å²) < 4.78 is 9.63. The van der Waals surface area contributed by atoms with Crippen molar-refractivity contribution in [2.24, 2.45) is 0 Å². The van der Waals surface area contributed by atoms with Crippen LogP contribution in [0.25, 0.3) is 11.0 Å². The molecule has 2 rings (SSSR count). The maximum atomic E-state index is 11.6. The Hall–Kier alpha value is -2.97. The molecule has 23 heavy (non-hydrogen) atoms. The summed E-state index contributed by atoms with van der Waals surface area (Å²) in [4.78, 5) is 35.8. The predicted molar refractivity (Wildman–Crippen MR) is 83.4 cm³/mol. The second-order valence-electron chi connectivity index (χ2n) is 4.43. The molecule has 0 spiro atoms. The number of rotatable bonds is 4. The van der Waals surface area contributed by atoms with Gasteiger partial charge < -0.3 is 9.47 Å². The Morgan fingerprint density at radius 3 is 2.39 bits per heavy atom. The van der Waals surface area contributed by atoms with Crippen molar-refractivity contribution in [3.05, 3.63) is 18.0 Å². The van der Waals surface area contributed by atoms with Crippen molar-refractivity contribution >= 4 is 34.9 Å². The Bertz CT molecular complexity index is 734. The molecule has 0 aliphatic heterocycles. The van der Waals surface area contributed by atoms with Gasteiger partial charge in [0, 0.05) is 12.3 Å². The van der Waals surface area contributed by atoms with E-state index >= 15 is 0 Å². The molecule has 0 atom stereocenters. The highest BCUT2D eigenvalue weighted by Gasteiger charge is 2.14. The van der Waals surface area contributed by atoms with Crippen molar-refractivity contribution < 1.29 is 19.1 Å². The number of nitrogens with zero attached hydrogens (tertiary/aromatic N) is 3. The summed E-state index contributed by atoms with van der Waals surface area (Å²) in [5.41, 5.74) is 1.55. The number of fused-ring (bicyclic) bond motifs is 1. The third kappa shape index (κ3) is 4.25. The van der Waals surface area contributed by atoms with Crippen LogP contribution < -0.4 is 10.6 Å². The molecule has 0 aliphatic carbocycles. The number of hydrogen-bond acceptors (Lipinski definition) is 7. The van der Waals surface area contributed by atoms with Crippen molar-refractivity contribution in [2.45, 2.75) is 20.8 Å². The van der Waals surface area contributed by atoms with Crippen LogP contribution in [0.4, 0.5) is 21.2 Å². The van der Waals surface area contributed by atoms with Crippen LogP contribution in [0, 0.1) is 6.92 Å². The molecule has 0 aliphatic rings. The van der Waals surface area contributed by atoms with E-state index in [-0.39, 0.29) is 24.8 Å². The average Bonchev–Trinajstić information content (AvgIpc) is 2.47. The number of aryl methyl sites for hydroxylation is 1. The zero-order chi connectivity index (χ0) is 16.8. The van der Waals surface area contributed by atoms with Gasteiger partial charge in [-0.05, 0) is 20.8 Å². The van der Waals surface area contributed by atoms with Crippen LogP contribution in [0.15, 0.2) is 12.3 Å². The fraction of sp³-hybridized carbons (Fsp3) is 0.357. The van der Waals surface area contributed by atoms with Gasteiger partial charge in [-0.25, -0.2) is 24.5 Å². The van der Waals surface area contributed by atoms with Crippen LogP contribution in [-0.2, 0) is 9.47 Å². The summed E-state index contributed by atoms with van der Waals surface area (Å²) in [5, 5.41) is 4.95. The molecule has 0 saturated carbocycles. The molecule has 122 valence electrons. The fourth-order valence-corrected chi connectivity index (χ4v) is 1.80. The second kappa shape index (κ2) is 7.34. The Morgan fingerprint density at radius 1 is 1.09 bits per heavy atom. The highest BCUT2D eigenvalue weighted by Crippen LogP contribution is 2.22. The molecular formula is C14H17N5O4. The van der Waals surface area contributed by atoms with Crippen molar-refractivity contribution in [3.63, 3.8) is 0 Å². The number of hydrogen-bond donors (Lipinski definition) is 2. The molecular weight excluding hydrogens is 302 g/mol. The molecule has 0 aromatic carbocycles. The molecule has 2 aromatic rings. The summed E-state index contributed by atoms with van der Waals surface area (Å²) in [6.07, 6.45) is 0.234. The first-order chi connectivity index (χ1) is 11.0. The van der Waals surface area contributed by atoms with Crippen LogP contribution >= 0.6 is 0 Å². The Labute approximate surface area is 132 Å². The maximum Gasteiger partial charge on any atom is 0.412 e. The van der Waals surface area contributed by atoms with Crippen molar-refractivity contribution in [3.8, 4) is 0 Å². The minimum atomic E-state index is -0.669. The lowest BCUT2D eigenvalue weighted by Crippen LogP contribution is -2.18. The maximum absolute atomic E-state index is 11.6. The number of anilines is 2. The van der Waals surface area contributed by atoms with Crippen LogP contribution in [0.2, 0.25) is 0 Å². The van der Waals surface area contributed by atoms with Gasteiger partial charge in [0.05, 0.1) is 24.4 Å². The first-order valence-electron chi connectivity index (χ1n) is 7.05. The van der Waals surface area contributed by atoms with Gasteiger partial charge in [0.25, 0.3) is 0 Å². The topological polar surface area (TPSA) is 115 Å². The summed E-state index contributed by atoms with van der Waals surface area (Å²) in [5.74, 6) is 0.322. The summed E-state index contributed by atoms with van der Waals surface area (Å²) in [6, 6.07) is 1.54. The van der Waals surface area contributed by atoms with Crippen molar-refractivity contribution in [2.75, 3.05) is 23.8 Å². The summed E-state index contributed by atoms with van der Waals surface area (Å²) in [6.45, 7) is 5.61. The molecule has 9 heteroatoms. The van der Waals surface area contributed by atoms with Gasteiger partial charge in [-0.15, -0.1) is 0 Å². The molecule has 9 nitrogen and oxygen atoms in total. The minimum absolute atomic E-state index is 0.139. The van der Waals surface area contributed by atoms with Gasteiger partial charge in [0.1, 0.15) is 11.3 Å². The van der Waals surface area contributed by atoms with Gasteiger partial charge >= 0.3 is 12.2 Å². The normalized spacial score (nSPS) is 10.2. The molecule has 2 amide bonds. The quantitative estimate of drug-likeness (QED) is 0.889. The van der Waals surface area contributed by atoms with E-state index in [1.54, 1.807) is 33.0 Å².